The quantitative estimate of drug-likeness (QED) is 0.101. The van der Waals surface area contributed by atoms with E-state index in [1.807, 2.05) is 19.1 Å². The lowest BCUT2D eigenvalue weighted by molar-refractivity contribution is 0.267. The number of aryl methyl sites for hydroxylation is 1. The first kappa shape index (κ1) is 28.3. The Morgan fingerprint density at radius 1 is 0.895 bits per heavy atom. The van der Waals surface area contributed by atoms with Crippen LogP contribution in [0.15, 0.2) is 33.5 Å². The van der Waals surface area contributed by atoms with E-state index < -0.39 is 13.9 Å². The average molecular weight is 557 g/mol. The number of hydrogen-bond acceptors (Lipinski definition) is 6. The number of ether oxygens (including phenoxy) is 2. The van der Waals surface area contributed by atoms with Gasteiger partial charge < -0.3 is 23.4 Å². The van der Waals surface area contributed by atoms with Gasteiger partial charge in [-0.15, -0.1) is 0 Å². The smallest absolute Gasteiger partial charge is 0.344 e. The lowest BCUT2D eigenvalue weighted by Crippen LogP contribution is -2.47. The van der Waals surface area contributed by atoms with E-state index in [4.69, 9.17) is 29.9 Å². The summed E-state index contributed by atoms with van der Waals surface area (Å²) in [6.45, 7) is 15.8. The van der Waals surface area contributed by atoms with Gasteiger partial charge in [-0.2, -0.15) is 0 Å². The minimum atomic E-state index is -2.19. The third kappa shape index (κ3) is 4.34. The molecule has 0 saturated heterocycles. The summed E-state index contributed by atoms with van der Waals surface area (Å²) in [5.74, 6) is 0.628. The normalized spacial score (nSPS) is 12.6. The first-order valence-corrected chi connectivity index (χ1v) is 15.5. The summed E-state index contributed by atoms with van der Waals surface area (Å²) in [6.07, 6.45) is 0. The molecule has 4 aromatic rings. The van der Waals surface area contributed by atoms with Crippen LogP contribution in [-0.2, 0) is 11.0 Å². The summed E-state index contributed by atoms with van der Waals surface area (Å²) in [7, 11) is 0.809. The number of aromatic hydroxyl groups is 1. The summed E-state index contributed by atoms with van der Waals surface area (Å²) >= 11 is 6.43. The fraction of sp³-hybridized carbons (Fsp3) is 0.433. The van der Waals surface area contributed by atoms with Gasteiger partial charge >= 0.3 is 5.63 Å². The molecule has 0 saturated carbocycles. The Morgan fingerprint density at radius 3 is 2.08 bits per heavy atom. The molecule has 0 fully saturated rings. The number of rotatable bonds is 8. The molecular formula is C30H37ClO6Si. The van der Waals surface area contributed by atoms with E-state index in [1.54, 1.807) is 12.1 Å². The Hall–Kier alpha value is -2.74. The molecule has 6 nitrogen and oxygen atoms in total. The van der Waals surface area contributed by atoms with Crippen molar-refractivity contribution in [1.29, 1.82) is 0 Å². The second-order valence-electron chi connectivity index (χ2n) is 11.0. The number of benzene rings is 3. The van der Waals surface area contributed by atoms with Gasteiger partial charge in [0.1, 0.15) is 22.8 Å². The van der Waals surface area contributed by atoms with Gasteiger partial charge in [0.05, 0.1) is 36.6 Å². The van der Waals surface area contributed by atoms with Gasteiger partial charge in [0.25, 0.3) is 0 Å². The lowest BCUT2D eigenvalue weighted by Gasteiger charge is -2.42. The predicted molar refractivity (Wildman–Crippen MR) is 158 cm³/mol. The van der Waals surface area contributed by atoms with Crippen molar-refractivity contribution in [3.05, 3.63) is 50.8 Å². The highest BCUT2D eigenvalue weighted by Crippen LogP contribution is 2.48. The Balaban J connectivity index is 2.11. The highest BCUT2D eigenvalue weighted by molar-refractivity contribution is 6.77. The monoisotopic (exact) mass is 556 g/mol. The molecule has 0 amide bonds. The van der Waals surface area contributed by atoms with E-state index in [1.165, 1.54) is 14.2 Å². The molecular weight excluding hydrogens is 520 g/mol. The second-order valence-corrected chi connectivity index (χ2v) is 16.8. The first-order chi connectivity index (χ1) is 17.9. The Kier molecular flexibility index (Phi) is 7.76. The Bertz CT molecular complexity index is 1570. The van der Waals surface area contributed by atoms with E-state index in [2.05, 4.69) is 41.5 Å². The third-order valence-electron chi connectivity index (χ3n) is 7.88. The van der Waals surface area contributed by atoms with Crippen molar-refractivity contribution in [3.8, 4) is 17.2 Å². The van der Waals surface area contributed by atoms with Crippen LogP contribution in [0.3, 0.4) is 0 Å². The standard InChI is InChI=1S/C30H37ClO6Si/c1-15(2)38(16(3)4,17(5)6)36-14-19-10-18(7)11-24-25(19)27-21(30(33)37-24)12-20-26(28(27)32)23(34-8)13-22(31)29(20)35-9/h10-13,15-17,32H,14H2,1-9H3. The highest BCUT2D eigenvalue weighted by Gasteiger charge is 2.45. The minimum Gasteiger partial charge on any atom is -0.506 e. The summed E-state index contributed by atoms with van der Waals surface area (Å²) < 4.78 is 23.9. The van der Waals surface area contributed by atoms with Crippen LogP contribution >= 0.6 is 11.6 Å². The molecule has 0 aliphatic heterocycles. The second kappa shape index (κ2) is 10.4. The first-order valence-electron chi connectivity index (χ1n) is 13.0. The van der Waals surface area contributed by atoms with Crippen LogP contribution in [-0.4, -0.2) is 27.6 Å². The van der Waals surface area contributed by atoms with Crippen molar-refractivity contribution >= 4 is 52.4 Å². The average Bonchev–Trinajstić information content (AvgIpc) is 2.83. The lowest BCUT2D eigenvalue weighted by atomic mass is 9.96. The van der Waals surface area contributed by atoms with Crippen molar-refractivity contribution in [3.63, 3.8) is 0 Å². The van der Waals surface area contributed by atoms with Crippen molar-refractivity contribution in [2.45, 2.75) is 71.7 Å². The van der Waals surface area contributed by atoms with E-state index in [0.29, 0.717) is 66.9 Å². The largest absolute Gasteiger partial charge is 0.506 e. The molecule has 0 aliphatic rings. The molecule has 8 heteroatoms. The summed E-state index contributed by atoms with van der Waals surface area (Å²) in [6, 6.07) is 7.12. The Labute approximate surface area is 229 Å². The topological polar surface area (TPSA) is 78.1 Å². The van der Waals surface area contributed by atoms with Crippen molar-refractivity contribution < 1.29 is 23.4 Å². The van der Waals surface area contributed by atoms with E-state index in [-0.39, 0.29) is 11.1 Å². The fourth-order valence-corrected chi connectivity index (χ4v) is 12.1. The van der Waals surface area contributed by atoms with Crippen LogP contribution in [0, 0.1) is 6.92 Å². The maximum atomic E-state index is 13.2. The predicted octanol–water partition coefficient (Wildman–Crippen LogP) is 8.48. The van der Waals surface area contributed by atoms with Crippen LogP contribution < -0.4 is 15.1 Å². The van der Waals surface area contributed by atoms with Gasteiger partial charge in [0.2, 0.25) is 8.32 Å². The number of phenols is 1. The molecule has 3 aromatic carbocycles. The molecule has 0 atom stereocenters. The van der Waals surface area contributed by atoms with Gasteiger partial charge in [-0.05, 0) is 46.8 Å². The molecule has 4 rings (SSSR count). The molecule has 38 heavy (non-hydrogen) atoms. The van der Waals surface area contributed by atoms with Crippen molar-refractivity contribution in [2.75, 3.05) is 14.2 Å². The van der Waals surface area contributed by atoms with Crippen LogP contribution in [0.4, 0.5) is 0 Å². The van der Waals surface area contributed by atoms with Gasteiger partial charge in [-0.1, -0.05) is 59.2 Å². The number of fused-ring (bicyclic) bond motifs is 4. The minimum absolute atomic E-state index is 0.0904. The van der Waals surface area contributed by atoms with Crippen LogP contribution in [0.2, 0.25) is 21.6 Å². The van der Waals surface area contributed by atoms with Gasteiger partial charge in [0.15, 0.2) is 0 Å². The van der Waals surface area contributed by atoms with Crippen molar-refractivity contribution in [1.82, 2.24) is 0 Å². The van der Waals surface area contributed by atoms with E-state index >= 15 is 0 Å². The molecule has 1 heterocycles. The van der Waals surface area contributed by atoms with Gasteiger partial charge in [-0.25, -0.2) is 4.79 Å². The summed E-state index contributed by atoms with van der Waals surface area (Å²) in [4.78, 5) is 13.2. The van der Waals surface area contributed by atoms with E-state index in [0.717, 1.165) is 11.1 Å². The number of phenolic OH excluding ortho intramolecular Hbond substituents is 1. The van der Waals surface area contributed by atoms with Crippen LogP contribution in [0.5, 0.6) is 17.2 Å². The zero-order chi connectivity index (χ0) is 28.1. The maximum Gasteiger partial charge on any atom is 0.344 e. The Morgan fingerprint density at radius 2 is 1.53 bits per heavy atom. The molecule has 0 aliphatic carbocycles. The molecule has 0 bridgehead atoms. The number of halogens is 1. The van der Waals surface area contributed by atoms with E-state index in [9.17, 15) is 9.90 Å². The molecule has 0 spiro atoms. The molecule has 1 N–H and O–H groups in total. The molecule has 0 unspecified atom stereocenters. The number of hydrogen-bond donors (Lipinski definition) is 1. The molecule has 0 radical (unpaired) electrons. The zero-order valence-electron chi connectivity index (χ0n) is 23.6. The van der Waals surface area contributed by atoms with Crippen molar-refractivity contribution in [2.24, 2.45) is 0 Å². The third-order valence-corrected chi connectivity index (χ3v) is 14.2. The van der Waals surface area contributed by atoms with Crippen LogP contribution in [0.1, 0.15) is 52.7 Å². The highest BCUT2D eigenvalue weighted by atomic mass is 35.5. The maximum absolute atomic E-state index is 13.2. The zero-order valence-corrected chi connectivity index (χ0v) is 25.4. The summed E-state index contributed by atoms with van der Waals surface area (Å²) in [5.41, 5.74) is 2.88. The van der Waals surface area contributed by atoms with Crippen LogP contribution in [0.25, 0.3) is 32.5 Å². The number of methoxy groups -OCH3 is 2. The summed E-state index contributed by atoms with van der Waals surface area (Å²) in [5, 5.41) is 14.2. The van der Waals surface area contributed by atoms with Gasteiger partial charge in [-0.3, -0.25) is 0 Å². The fourth-order valence-electron chi connectivity index (χ4n) is 6.42. The molecule has 204 valence electrons. The van der Waals surface area contributed by atoms with Gasteiger partial charge in [0, 0.05) is 22.2 Å². The SMILES string of the molecule is COc1c(Cl)cc(OC)c2c(O)c3c(cc12)c(=O)oc1cc(C)cc(CO[Si](C(C)C)(C(C)C)C(C)C)c13. The molecule has 1 aromatic heterocycles.